The van der Waals surface area contributed by atoms with Crippen molar-refractivity contribution in [3.05, 3.63) is 38.9 Å². The maximum atomic E-state index is 10.8. The van der Waals surface area contributed by atoms with Crippen LogP contribution in [-0.2, 0) is 0 Å². The SMILES string of the molecule is Nc1nc(-c2ccccc2Br)c([N+](=O)[O-])s1. The van der Waals surface area contributed by atoms with Crippen molar-refractivity contribution in [2.24, 2.45) is 0 Å². The molecule has 0 aliphatic rings. The van der Waals surface area contributed by atoms with Gasteiger partial charge in [0.2, 0.25) is 0 Å². The number of aromatic nitrogens is 1. The van der Waals surface area contributed by atoms with E-state index in [1.807, 2.05) is 6.07 Å². The van der Waals surface area contributed by atoms with Gasteiger partial charge in [-0.05, 0) is 17.4 Å². The molecule has 2 aromatic rings. The van der Waals surface area contributed by atoms with Gasteiger partial charge in [0.15, 0.2) is 10.8 Å². The molecule has 0 amide bonds. The van der Waals surface area contributed by atoms with Gasteiger partial charge in [-0.1, -0.05) is 34.1 Å². The second-order valence-electron chi connectivity index (χ2n) is 2.94. The molecule has 0 atom stereocenters. The van der Waals surface area contributed by atoms with E-state index in [4.69, 9.17) is 5.73 Å². The minimum atomic E-state index is -0.469. The van der Waals surface area contributed by atoms with Crippen LogP contribution < -0.4 is 5.73 Å². The monoisotopic (exact) mass is 299 g/mol. The number of nitrogens with zero attached hydrogens (tertiary/aromatic N) is 2. The standard InChI is InChI=1S/C9H6BrN3O2S/c10-6-4-2-1-3-5(6)7-8(13(14)15)16-9(11)12-7/h1-4H,(H2,11,12). The summed E-state index contributed by atoms with van der Waals surface area (Å²) in [7, 11) is 0. The largest absolute Gasteiger partial charge is 0.375 e. The molecule has 5 nitrogen and oxygen atoms in total. The zero-order valence-electron chi connectivity index (χ0n) is 7.88. The van der Waals surface area contributed by atoms with E-state index in [2.05, 4.69) is 20.9 Å². The number of hydrogen-bond donors (Lipinski definition) is 1. The number of nitrogens with two attached hydrogens (primary N) is 1. The fourth-order valence-electron chi connectivity index (χ4n) is 1.28. The van der Waals surface area contributed by atoms with Gasteiger partial charge in [0.05, 0.1) is 4.92 Å². The number of anilines is 1. The van der Waals surface area contributed by atoms with E-state index < -0.39 is 4.92 Å². The van der Waals surface area contributed by atoms with Crippen LogP contribution in [0.15, 0.2) is 28.7 Å². The summed E-state index contributed by atoms with van der Waals surface area (Å²) >= 11 is 4.20. The second kappa shape index (κ2) is 4.18. The van der Waals surface area contributed by atoms with Gasteiger partial charge in [-0.3, -0.25) is 10.1 Å². The molecule has 82 valence electrons. The average Bonchev–Trinajstić information content (AvgIpc) is 2.61. The minimum Gasteiger partial charge on any atom is -0.375 e. The van der Waals surface area contributed by atoms with E-state index in [1.165, 1.54) is 0 Å². The predicted octanol–water partition coefficient (Wildman–Crippen LogP) is 3.06. The molecular formula is C9H6BrN3O2S. The van der Waals surface area contributed by atoms with E-state index in [0.717, 1.165) is 15.8 Å². The minimum absolute atomic E-state index is 0.0376. The smallest absolute Gasteiger partial charge is 0.353 e. The summed E-state index contributed by atoms with van der Waals surface area (Å²) in [5.41, 5.74) is 6.47. The third-order valence-corrected chi connectivity index (χ3v) is 3.45. The van der Waals surface area contributed by atoms with Crippen LogP contribution in [0.1, 0.15) is 0 Å². The number of rotatable bonds is 2. The van der Waals surface area contributed by atoms with Gasteiger partial charge in [0.1, 0.15) is 0 Å². The lowest BCUT2D eigenvalue weighted by Crippen LogP contribution is -1.89. The summed E-state index contributed by atoms with van der Waals surface area (Å²) in [6.45, 7) is 0. The molecule has 0 aliphatic heterocycles. The molecule has 2 rings (SSSR count). The Morgan fingerprint density at radius 1 is 1.44 bits per heavy atom. The van der Waals surface area contributed by atoms with Crippen LogP contribution in [0.4, 0.5) is 10.1 Å². The quantitative estimate of drug-likeness (QED) is 0.682. The van der Waals surface area contributed by atoms with Crippen molar-refractivity contribution in [3.63, 3.8) is 0 Å². The zero-order valence-corrected chi connectivity index (χ0v) is 10.3. The Hall–Kier alpha value is -1.47. The Labute approximate surface area is 103 Å². The van der Waals surface area contributed by atoms with Crippen LogP contribution >= 0.6 is 27.3 Å². The normalized spacial score (nSPS) is 10.3. The molecule has 0 unspecified atom stereocenters. The number of nitrogen functional groups attached to an aromatic ring is 1. The summed E-state index contributed by atoms with van der Waals surface area (Å²) < 4.78 is 0.753. The van der Waals surface area contributed by atoms with Crippen molar-refractivity contribution in [2.45, 2.75) is 0 Å². The Bertz CT molecular complexity index is 555. The molecule has 1 heterocycles. The molecule has 0 saturated heterocycles. The molecular weight excluding hydrogens is 294 g/mol. The highest BCUT2D eigenvalue weighted by atomic mass is 79.9. The van der Waals surface area contributed by atoms with E-state index in [-0.39, 0.29) is 10.1 Å². The van der Waals surface area contributed by atoms with E-state index >= 15 is 0 Å². The molecule has 0 fully saturated rings. The summed E-state index contributed by atoms with van der Waals surface area (Å²) in [5.74, 6) is 0. The Balaban J connectivity index is 2.64. The highest BCUT2D eigenvalue weighted by molar-refractivity contribution is 9.10. The first-order valence-electron chi connectivity index (χ1n) is 4.25. The van der Waals surface area contributed by atoms with Crippen LogP contribution in [0, 0.1) is 10.1 Å². The number of thiazole rings is 1. The summed E-state index contributed by atoms with van der Waals surface area (Å²) in [6, 6.07) is 7.18. The Morgan fingerprint density at radius 2 is 2.12 bits per heavy atom. The van der Waals surface area contributed by atoms with E-state index in [1.54, 1.807) is 18.2 Å². The number of benzene rings is 1. The first-order chi connectivity index (χ1) is 7.59. The van der Waals surface area contributed by atoms with Crippen LogP contribution in [0.2, 0.25) is 0 Å². The zero-order chi connectivity index (χ0) is 11.7. The van der Waals surface area contributed by atoms with E-state index in [9.17, 15) is 10.1 Å². The van der Waals surface area contributed by atoms with Gasteiger partial charge in [-0.25, -0.2) is 4.98 Å². The van der Waals surface area contributed by atoms with Gasteiger partial charge in [0, 0.05) is 10.0 Å². The molecule has 0 aliphatic carbocycles. The molecule has 0 radical (unpaired) electrons. The number of halogens is 1. The lowest BCUT2D eigenvalue weighted by Gasteiger charge is -1.99. The van der Waals surface area contributed by atoms with Gasteiger partial charge in [-0.15, -0.1) is 0 Å². The average molecular weight is 300 g/mol. The van der Waals surface area contributed by atoms with Crippen molar-refractivity contribution >= 4 is 37.4 Å². The van der Waals surface area contributed by atoms with Crippen LogP contribution in [0.25, 0.3) is 11.3 Å². The first kappa shape index (κ1) is 11.0. The van der Waals surface area contributed by atoms with Gasteiger partial charge < -0.3 is 5.73 Å². The molecule has 0 spiro atoms. The highest BCUT2D eigenvalue weighted by Crippen LogP contribution is 2.38. The molecule has 1 aromatic heterocycles. The van der Waals surface area contributed by atoms with E-state index in [0.29, 0.717) is 11.3 Å². The van der Waals surface area contributed by atoms with Crippen LogP contribution in [-0.4, -0.2) is 9.91 Å². The third-order valence-electron chi connectivity index (χ3n) is 1.92. The second-order valence-corrected chi connectivity index (χ2v) is 4.81. The molecule has 2 N–H and O–H groups in total. The molecule has 0 bridgehead atoms. The van der Waals surface area contributed by atoms with Crippen molar-refractivity contribution in [3.8, 4) is 11.3 Å². The molecule has 0 saturated carbocycles. The van der Waals surface area contributed by atoms with Gasteiger partial charge in [-0.2, -0.15) is 0 Å². The summed E-state index contributed by atoms with van der Waals surface area (Å²) in [5, 5.41) is 11.0. The summed E-state index contributed by atoms with van der Waals surface area (Å²) in [6.07, 6.45) is 0. The Morgan fingerprint density at radius 3 is 2.75 bits per heavy atom. The van der Waals surface area contributed by atoms with Crippen molar-refractivity contribution in [1.82, 2.24) is 4.98 Å². The van der Waals surface area contributed by atoms with Crippen LogP contribution in [0.3, 0.4) is 0 Å². The third kappa shape index (κ3) is 1.91. The summed E-state index contributed by atoms with van der Waals surface area (Å²) in [4.78, 5) is 14.3. The van der Waals surface area contributed by atoms with Crippen molar-refractivity contribution in [2.75, 3.05) is 5.73 Å². The maximum Gasteiger partial charge on any atom is 0.353 e. The first-order valence-corrected chi connectivity index (χ1v) is 5.86. The lowest BCUT2D eigenvalue weighted by atomic mass is 10.2. The molecule has 1 aromatic carbocycles. The fourth-order valence-corrected chi connectivity index (χ4v) is 2.42. The lowest BCUT2D eigenvalue weighted by molar-refractivity contribution is -0.379. The van der Waals surface area contributed by atoms with Gasteiger partial charge in [0.25, 0.3) is 0 Å². The maximum absolute atomic E-state index is 10.8. The molecule has 16 heavy (non-hydrogen) atoms. The predicted molar refractivity (Wildman–Crippen MR) is 66.3 cm³/mol. The number of nitro groups is 1. The topological polar surface area (TPSA) is 82.0 Å². The van der Waals surface area contributed by atoms with Crippen molar-refractivity contribution < 1.29 is 4.92 Å². The molecule has 7 heteroatoms. The Kier molecular flexibility index (Phi) is 2.88. The highest BCUT2D eigenvalue weighted by Gasteiger charge is 2.22. The van der Waals surface area contributed by atoms with Crippen LogP contribution in [0.5, 0.6) is 0 Å². The van der Waals surface area contributed by atoms with Gasteiger partial charge >= 0.3 is 5.00 Å². The van der Waals surface area contributed by atoms with Crippen molar-refractivity contribution in [1.29, 1.82) is 0 Å². The fraction of sp³-hybridized carbons (Fsp3) is 0. The number of hydrogen-bond acceptors (Lipinski definition) is 5.